The fourth-order valence-corrected chi connectivity index (χ4v) is 2.79. The number of fused-ring (bicyclic) bond motifs is 1. The van der Waals surface area contributed by atoms with E-state index in [1.807, 2.05) is 24.3 Å². The number of halogens is 1. The van der Waals surface area contributed by atoms with Crippen molar-refractivity contribution in [3.05, 3.63) is 81.0 Å². The Morgan fingerprint density at radius 3 is 2.76 bits per heavy atom. The van der Waals surface area contributed by atoms with Gasteiger partial charge in [0.25, 0.3) is 11.6 Å². The van der Waals surface area contributed by atoms with Crippen LogP contribution in [-0.2, 0) is 6.54 Å². The summed E-state index contributed by atoms with van der Waals surface area (Å²) in [4.78, 5) is 29.0. The summed E-state index contributed by atoms with van der Waals surface area (Å²) in [6.45, 7) is 0.163. The van der Waals surface area contributed by atoms with Gasteiger partial charge in [0.2, 0.25) is 0 Å². The highest BCUT2D eigenvalue weighted by Crippen LogP contribution is 2.24. The van der Waals surface area contributed by atoms with Gasteiger partial charge >= 0.3 is 0 Å². The monoisotopic (exact) mass is 355 g/mol. The highest BCUT2D eigenvalue weighted by atomic mass is 35.5. The summed E-state index contributed by atoms with van der Waals surface area (Å²) in [5, 5.41) is 12.1. The van der Waals surface area contributed by atoms with Crippen LogP contribution < -0.4 is 0 Å². The van der Waals surface area contributed by atoms with Crippen LogP contribution in [-0.4, -0.2) is 27.8 Å². The first-order valence-electron chi connectivity index (χ1n) is 7.49. The van der Waals surface area contributed by atoms with E-state index in [0.717, 1.165) is 10.9 Å². The number of aromatic nitrogens is 1. The topological polar surface area (TPSA) is 76.3 Å². The second kappa shape index (κ2) is 6.86. The van der Waals surface area contributed by atoms with Crippen LogP contribution in [0.1, 0.15) is 15.9 Å². The average molecular weight is 356 g/mol. The van der Waals surface area contributed by atoms with Crippen molar-refractivity contribution in [3.8, 4) is 0 Å². The smallest absolute Gasteiger partial charge is 0.269 e. The summed E-state index contributed by atoms with van der Waals surface area (Å²) in [6, 6.07) is 13.2. The van der Waals surface area contributed by atoms with E-state index in [-0.39, 0.29) is 18.1 Å². The number of nitrogens with zero attached hydrogens (tertiary/aromatic N) is 3. The zero-order valence-electron chi connectivity index (χ0n) is 13.3. The lowest BCUT2D eigenvalue weighted by Gasteiger charge is -2.19. The van der Waals surface area contributed by atoms with Gasteiger partial charge in [-0.1, -0.05) is 29.8 Å². The van der Waals surface area contributed by atoms with Crippen LogP contribution in [0.4, 0.5) is 5.69 Å². The Kier molecular flexibility index (Phi) is 4.63. The fraction of sp³-hybridized carbons (Fsp3) is 0.111. The number of carbonyl (C=O) groups is 1. The minimum absolute atomic E-state index is 0.0605. The Morgan fingerprint density at radius 1 is 1.24 bits per heavy atom. The Hall–Kier alpha value is -2.99. The van der Waals surface area contributed by atoms with E-state index in [1.54, 1.807) is 19.3 Å². The molecule has 0 saturated carbocycles. The SMILES string of the molecule is CN(Cc1cc([N+](=O)[O-])ccc1Cl)C(=O)c1ccnc2ccccc12. The third kappa shape index (κ3) is 3.44. The van der Waals surface area contributed by atoms with Crippen molar-refractivity contribution in [2.24, 2.45) is 0 Å². The molecule has 0 radical (unpaired) electrons. The Bertz CT molecular complexity index is 969. The van der Waals surface area contributed by atoms with Gasteiger partial charge in [0, 0.05) is 42.3 Å². The molecule has 1 aromatic heterocycles. The van der Waals surface area contributed by atoms with Gasteiger partial charge in [-0.2, -0.15) is 0 Å². The molecule has 25 heavy (non-hydrogen) atoms. The molecule has 0 aliphatic heterocycles. The number of nitro benzene ring substituents is 1. The van der Waals surface area contributed by atoms with Crippen molar-refractivity contribution in [2.45, 2.75) is 6.54 Å². The van der Waals surface area contributed by atoms with Gasteiger partial charge in [0.1, 0.15) is 0 Å². The molecule has 1 amide bonds. The number of non-ortho nitro benzene ring substituents is 1. The maximum Gasteiger partial charge on any atom is 0.269 e. The minimum Gasteiger partial charge on any atom is -0.337 e. The Labute approximate surface area is 148 Å². The lowest BCUT2D eigenvalue weighted by atomic mass is 10.1. The lowest BCUT2D eigenvalue weighted by molar-refractivity contribution is -0.384. The molecule has 2 aromatic carbocycles. The van der Waals surface area contributed by atoms with Gasteiger partial charge < -0.3 is 4.90 Å². The van der Waals surface area contributed by atoms with E-state index in [9.17, 15) is 14.9 Å². The summed E-state index contributed by atoms with van der Waals surface area (Å²) in [5.41, 5.74) is 1.71. The van der Waals surface area contributed by atoms with Crippen molar-refractivity contribution < 1.29 is 9.72 Å². The van der Waals surface area contributed by atoms with Crippen LogP contribution in [0.5, 0.6) is 0 Å². The zero-order chi connectivity index (χ0) is 18.0. The number of nitro groups is 1. The Balaban J connectivity index is 1.91. The molecule has 3 rings (SSSR count). The van der Waals surface area contributed by atoms with Crippen molar-refractivity contribution >= 4 is 34.1 Å². The predicted molar refractivity (Wildman–Crippen MR) is 95.6 cm³/mol. The molecule has 126 valence electrons. The molecular formula is C18H14ClN3O3. The highest BCUT2D eigenvalue weighted by molar-refractivity contribution is 6.31. The summed E-state index contributed by atoms with van der Waals surface area (Å²) < 4.78 is 0. The van der Waals surface area contributed by atoms with Crippen LogP contribution in [0.3, 0.4) is 0 Å². The maximum absolute atomic E-state index is 12.8. The molecule has 0 N–H and O–H groups in total. The molecule has 1 heterocycles. The van der Waals surface area contributed by atoms with Gasteiger partial charge in [0.15, 0.2) is 0 Å². The van der Waals surface area contributed by atoms with E-state index < -0.39 is 4.92 Å². The third-order valence-electron chi connectivity index (χ3n) is 3.87. The van der Waals surface area contributed by atoms with Gasteiger partial charge in [-0.25, -0.2) is 0 Å². The molecular weight excluding hydrogens is 342 g/mol. The summed E-state index contributed by atoms with van der Waals surface area (Å²) in [5.74, 6) is -0.207. The highest BCUT2D eigenvalue weighted by Gasteiger charge is 2.18. The van der Waals surface area contributed by atoms with Crippen LogP contribution in [0.15, 0.2) is 54.7 Å². The van der Waals surface area contributed by atoms with Crippen molar-refractivity contribution in [2.75, 3.05) is 7.05 Å². The first kappa shape index (κ1) is 16.9. The van der Waals surface area contributed by atoms with Crippen molar-refractivity contribution in [3.63, 3.8) is 0 Å². The van der Waals surface area contributed by atoms with Gasteiger partial charge in [-0.15, -0.1) is 0 Å². The number of amides is 1. The van der Waals surface area contributed by atoms with Gasteiger partial charge in [-0.05, 0) is 23.8 Å². The second-order valence-corrected chi connectivity index (χ2v) is 5.98. The number of benzene rings is 2. The number of hydrogen-bond acceptors (Lipinski definition) is 4. The standard InChI is InChI=1S/C18H14ClN3O3/c1-21(11-12-10-13(22(24)25)6-7-16(12)19)18(23)15-8-9-20-17-5-3-2-4-14(15)17/h2-10H,11H2,1H3. The molecule has 7 heteroatoms. The van der Waals surface area contributed by atoms with E-state index in [2.05, 4.69) is 4.98 Å². The Morgan fingerprint density at radius 2 is 2.00 bits per heavy atom. The number of carbonyl (C=O) groups excluding carboxylic acids is 1. The molecule has 0 saturated heterocycles. The predicted octanol–water partition coefficient (Wildman–Crippen LogP) is 4.07. The first-order chi connectivity index (χ1) is 12.0. The molecule has 0 unspecified atom stereocenters. The summed E-state index contributed by atoms with van der Waals surface area (Å²) in [6.07, 6.45) is 1.59. The van der Waals surface area contributed by atoms with Crippen LogP contribution in [0.25, 0.3) is 10.9 Å². The number of rotatable bonds is 4. The molecule has 0 spiro atoms. The first-order valence-corrected chi connectivity index (χ1v) is 7.87. The quantitative estimate of drug-likeness (QED) is 0.522. The fourth-order valence-electron chi connectivity index (χ4n) is 2.61. The largest absolute Gasteiger partial charge is 0.337 e. The zero-order valence-corrected chi connectivity index (χ0v) is 14.1. The second-order valence-electron chi connectivity index (χ2n) is 5.57. The third-order valence-corrected chi connectivity index (χ3v) is 4.24. The molecule has 3 aromatic rings. The van der Waals surface area contributed by atoms with Crippen LogP contribution in [0.2, 0.25) is 5.02 Å². The molecule has 0 fully saturated rings. The van der Waals surface area contributed by atoms with Crippen molar-refractivity contribution in [1.82, 2.24) is 9.88 Å². The van der Waals surface area contributed by atoms with E-state index in [4.69, 9.17) is 11.6 Å². The van der Waals surface area contributed by atoms with E-state index in [1.165, 1.54) is 23.1 Å². The molecule has 0 aliphatic rings. The normalized spacial score (nSPS) is 10.6. The number of hydrogen-bond donors (Lipinski definition) is 0. The lowest BCUT2D eigenvalue weighted by Crippen LogP contribution is -2.26. The van der Waals surface area contributed by atoms with E-state index in [0.29, 0.717) is 16.1 Å². The minimum atomic E-state index is -0.488. The molecule has 0 bridgehead atoms. The summed E-state index contributed by atoms with van der Waals surface area (Å²) >= 11 is 6.12. The average Bonchev–Trinajstić information content (AvgIpc) is 2.62. The number of para-hydroxylation sites is 1. The van der Waals surface area contributed by atoms with E-state index >= 15 is 0 Å². The van der Waals surface area contributed by atoms with Gasteiger partial charge in [-0.3, -0.25) is 19.9 Å². The number of pyridine rings is 1. The molecule has 0 atom stereocenters. The van der Waals surface area contributed by atoms with Crippen molar-refractivity contribution in [1.29, 1.82) is 0 Å². The van der Waals surface area contributed by atoms with Crippen LogP contribution in [0, 0.1) is 10.1 Å². The van der Waals surface area contributed by atoms with Crippen LogP contribution >= 0.6 is 11.6 Å². The summed E-state index contributed by atoms with van der Waals surface area (Å²) in [7, 11) is 1.63. The maximum atomic E-state index is 12.8. The van der Waals surface area contributed by atoms with Gasteiger partial charge in [0.05, 0.1) is 16.0 Å². The molecule has 0 aliphatic carbocycles. The molecule has 6 nitrogen and oxygen atoms in total.